The third-order valence-corrected chi connectivity index (χ3v) is 3.87. The second-order valence-corrected chi connectivity index (χ2v) is 6.46. The molecular weight excluding hydrogens is 721 g/mol. The molecule has 0 aliphatic heterocycles. The van der Waals surface area contributed by atoms with E-state index in [1.165, 1.54) is 4.68 Å². The van der Waals surface area contributed by atoms with Gasteiger partial charge in [0, 0.05) is 89.5 Å². The number of nitrogens with zero attached hydrogens (tertiary/aromatic N) is 4. The number of aromatic nitrogens is 4. The number of benzene rings is 2. The van der Waals surface area contributed by atoms with Crippen molar-refractivity contribution < 1.29 is 56.5 Å². The molecule has 12 heteroatoms. The summed E-state index contributed by atoms with van der Waals surface area (Å²) in [5.41, 5.74) is 2.19. The Morgan fingerprint density at radius 3 is 2.12 bits per heavy atom. The fraction of sp³-hybridized carbons (Fsp3) is 0. The molecule has 1 radical (unpaired) electrons. The molecule has 0 saturated heterocycles. The summed E-state index contributed by atoms with van der Waals surface area (Å²) in [6.07, 6.45) is 8.18. The topological polar surface area (TPSA) is 43.6 Å². The van der Waals surface area contributed by atoms with Crippen molar-refractivity contribution in [3.05, 3.63) is 90.8 Å². The molecule has 0 spiro atoms. The Labute approximate surface area is 257 Å². The second kappa shape index (κ2) is 20.7. The number of pyridine rings is 1. The first-order chi connectivity index (χ1) is 18.9. The molecule has 0 aliphatic rings. The van der Waals surface area contributed by atoms with E-state index in [9.17, 15) is 21.7 Å². The van der Waals surface area contributed by atoms with Crippen LogP contribution in [0.2, 0.25) is 0 Å². The third-order valence-electron chi connectivity index (χ3n) is 3.87. The SMILES string of the molecule is C#CC#CC#CC#CC#Cn1cc(-c2[c-]cccc2)nn1.FB(F)F.Fc1c[c-]c(-c2ccccn2)c(F)c1.[F-].[HH].[HH].[HH].[HH].[HH].[HH].[HH].[Ir]. The summed E-state index contributed by atoms with van der Waals surface area (Å²) in [6, 6.07) is 22.8. The van der Waals surface area contributed by atoms with Crippen LogP contribution >= 0.6 is 0 Å². The van der Waals surface area contributed by atoms with Gasteiger partial charge in [-0.3, -0.25) is 21.7 Å². The summed E-state index contributed by atoms with van der Waals surface area (Å²) in [6.45, 7) is 0. The maximum absolute atomic E-state index is 13.2. The van der Waals surface area contributed by atoms with Gasteiger partial charge in [-0.1, -0.05) is 29.0 Å². The zero-order valence-electron chi connectivity index (χ0n) is 20.4. The molecule has 0 atom stereocenters. The number of hydrogen-bond donors (Lipinski definition) is 0. The maximum Gasteiger partial charge on any atom is 0.762 e. The minimum atomic E-state index is -3.67. The van der Waals surface area contributed by atoms with Gasteiger partial charge in [-0.2, -0.15) is 9.78 Å². The van der Waals surface area contributed by atoms with Gasteiger partial charge in [0.05, 0.1) is 0 Å². The van der Waals surface area contributed by atoms with Gasteiger partial charge in [-0.05, 0) is 35.4 Å². The molecule has 0 N–H and O–H groups in total. The van der Waals surface area contributed by atoms with Crippen molar-refractivity contribution in [2.24, 2.45) is 0 Å². The minimum Gasteiger partial charge on any atom is -1.00 e. The number of halogens is 6. The van der Waals surface area contributed by atoms with Crippen LogP contribution in [0.5, 0.6) is 0 Å². The maximum atomic E-state index is 13.2. The van der Waals surface area contributed by atoms with E-state index in [1.807, 2.05) is 24.3 Å². The van der Waals surface area contributed by atoms with E-state index in [4.69, 9.17) is 6.42 Å². The molecule has 41 heavy (non-hydrogen) atoms. The van der Waals surface area contributed by atoms with Crippen LogP contribution in [0.25, 0.3) is 22.5 Å². The van der Waals surface area contributed by atoms with Gasteiger partial charge in [0.25, 0.3) is 0 Å². The molecule has 0 bridgehead atoms. The van der Waals surface area contributed by atoms with Crippen LogP contribution in [0.3, 0.4) is 0 Å². The van der Waals surface area contributed by atoms with Gasteiger partial charge in [-0.25, -0.2) is 0 Å². The molecule has 0 aliphatic carbocycles. The Morgan fingerprint density at radius 1 is 0.878 bits per heavy atom. The predicted octanol–water partition coefficient (Wildman–Crippen LogP) is 3.63. The van der Waals surface area contributed by atoms with Crippen molar-refractivity contribution in [3.63, 3.8) is 0 Å². The molecule has 0 amide bonds. The normalized spacial score (nSPS) is 7.90. The number of rotatable bonds is 2. The van der Waals surface area contributed by atoms with E-state index in [2.05, 4.69) is 80.8 Å². The molecule has 2 aromatic heterocycles. The molecule has 4 rings (SSSR count). The van der Waals surface area contributed by atoms with Crippen molar-refractivity contribution in [2.75, 3.05) is 0 Å². The second-order valence-electron chi connectivity index (χ2n) is 6.46. The summed E-state index contributed by atoms with van der Waals surface area (Å²) < 4.78 is 56.2. The average molecular weight is 748 g/mol. The molecule has 0 fully saturated rings. The Bertz CT molecular complexity index is 1690. The van der Waals surface area contributed by atoms with Crippen LogP contribution in [0.15, 0.2) is 67.0 Å². The first-order valence-corrected chi connectivity index (χ1v) is 10.5. The van der Waals surface area contributed by atoms with Crippen LogP contribution in [0.4, 0.5) is 21.7 Å². The Kier molecular flexibility index (Phi) is 18.1. The van der Waals surface area contributed by atoms with Gasteiger partial charge in [0.2, 0.25) is 0 Å². The zero-order valence-corrected chi connectivity index (χ0v) is 22.8. The fourth-order valence-electron chi connectivity index (χ4n) is 2.42. The van der Waals surface area contributed by atoms with E-state index >= 15 is 0 Å². The third kappa shape index (κ3) is 14.5. The fourth-order valence-corrected chi connectivity index (χ4v) is 2.42. The van der Waals surface area contributed by atoms with Crippen molar-refractivity contribution in [1.29, 1.82) is 0 Å². The molecule has 0 unspecified atom stereocenters. The van der Waals surface area contributed by atoms with Gasteiger partial charge in [0.1, 0.15) is 0 Å². The quantitative estimate of drug-likeness (QED) is 0.136. The van der Waals surface area contributed by atoms with Crippen LogP contribution in [-0.4, -0.2) is 27.5 Å². The van der Waals surface area contributed by atoms with E-state index in [0.717, 1.165) is 17.7 Å². The van der Waals surface area contributed by atoms with E-state index in [0.29, 0.717) is 11.4 Å². The van der Waals surface area contributed by atoms with Crippen LogP contribution in [0, 0.1) is 83.6 Å². The van der Waals surface area contributed by atoms with E-state index in [-0.39, 0.29) is 40.4 Å². The molecule has 219 valence electrons. The summed E-state index contributed by atoms with van der Waals surface area (Å²) in [5, 5.41) is 7.88. The average Bonchev–Trinajstić information content (AvgIpc) is 3.40. The number of terminal acetylenes is 1. The Balaban J connectivity index is -0.0000000883. The van der Waals surface area contributed by atoms with Crippen LogP contribution in [0.1, 0.15) is 9.99 Å². The molecule has 4 nitrogen and oxygen atoms in total. The molecule has 0 saturated carbocycles. The molecule has 4 aromatic rings. The van der Waals surface area contributed by atoms with Crippen molar-refractivity contribution in [1.82, 2.24) is 20.0 Å². The summed E-state index contributed by atoms with van der Waals surface area (Å²) in [7, 11) is -3.67. The monoisotopic (exact) mass is 748 g/mol. The largest absolute Gasteiger partial charge is 1.00 e. The number of hydrogen-bond acceptors (Lipinski definition) is 3. The summed E-state index contributed by atoms with van der Waals surface area (Å²) >= 11 is 0. The van der Waals surface area contributed by atoms with Crippen molar-refractivity contribution >= 4 is 7.54 Å². The van der Waals surface area contributed by atoms with E-state index in [1.54, 1.807) is 30.6 Å². The van der Waals surface area contributed by atoms with Crippen LogP contribution < -0.4 is 4.70 Å². The zero-order chi connectivity index (χ0) is 28.3. The Morgan fingerprint density at radius 2 is 1.54 bits per heavy atom. The van der Waals surface area contributed by atoms with Crippen molar-refractivity contribution in [2.45, 2.75) is 0 Å². The molecular formula is C29H26BF6IrN4-3. The summed E-state index contributed by atoms with van der Waals surface area (Å²) in [4.78, 5) is 3.95. The Hall–Kier alpha value is -5.18. The smallest absolute Gasteiger partial charge is 0.762 e. The minimum absolute atomic E-state index is 0. The van der Waals surface area contributed by atoms with Gasteiger partial charge >= 0.3 is 7.54 Å². The van der Waals surface area contributed by atoms with Gasteiger partial charge in [-0.15, -0.1) is 54.5 Å². The van der Waals surface area contributed by atoms with Gasteiger partial charge in [0.15, 0.2) is 0 Å². The van der Waals surface area contributed by atoms with Crippen LogP contribution in [-0.2, 0) is 20.1 Å². The first kappa shape index (κ1) is 35.8. The van der Waals surface area contributed by atoms with E-state index < -0.39 is 19.2 Å². The molecule has 2 aromatic carbocycles. The standard InChI is InChI=1S/C18H6N3.C11H6F2N.BF3.FH.Ir.7H2/c1-2-3-4-5-6-7-8-12-15-21-16-18(19-20-21)17-13-10-9-11-14-17;12-8-4-5-9(10(13)7-8)11-3-1-2-6-14-11;2-1(3)4;;;;;;;;;/h1,9-11,13,16H;1-4,6-7H;;1H;;7*1H/q2*-1;;;;;;;;;;/p-1. The summed E-state index contributed by atoms with van der Waals surface area (Å²) in [5.74, 6) is 18.3. The first-order valence-electron chi connectivity index (χ1n) is 10.5. The van der Waals surface area contributed by atoms with Crippen molar-refractivity contribution in [3.8, 4) is 82.3 Å². The van der Waals surface area contributed by atoms with Gasteiger partial charge < -0.3 is 9.69 Å². The predicted molar refractivity (Wildman–Crippen MR) is 152 cm³/mol. The molecule has 2 heterocycles.